The third kappa shape index (κ3) is 1.64. The highest BCUT2D eigenvalue weighted by Crippen LogP contribution is 2.29. The summed E-state index contributed by atoms with van der Waals surface area (Å²) >= 11 is 0. The van der Waals surface area contributed by atoms with Gasteiger partial charge in [0.05, 0.1) is 6.04 Å². The van der Waals surface area contributed by atoms with Crippen molar-refractivity contribution in [1.29, 1.82) is 0 Å². The van der Waals surface area contributed by atoms with Crippen molar-refractivity contribution in [2.24, 2.45) is 11.7 Å². The highest BCUT2D eigenvalue weighted by atomic mass is 19.3. The second-order valence-electron chi connectivity index (χ2n) is 3.85. The van der Waals surface area contributed by atoms with Crippen molar-refractivity contribution in [1.82, 2.24) is 0 Å². The van der Waals surface area contributed by atoms with Gasteiger partial charge in [-0.05, 0) is 29.9 Å². The molecule has 0 aromatic heterocycles. The molecule has 0 amide bonds. The van der Waals surface area contributed by atoms with Crippen LogP contribution in [0.3, 0.4) is 0 Å². The second-order valence-corrected chi connectivity index (χ2v) is 3.85. The van der Waals surface area contributed by atoms with Crippen molar-refractivity contribution in [3.63, 3.8) is 0 Å². The van der Waals surface area contributed by atoms with Gasteiger partial charge in [0.1, 0.15) is 0 Å². The van der Waals surface area contributed by atoms with Gasteiger partial charge in [0.15, 0.2) is 0 Å². The molecule has 0 bridgehead atoms. The number of hydrogen-bond acceptors (Lipinski definition) is 1. The van der Waals surface area contributed by atoms with E-state index in [4.69, 9.17) is 5.73 Å². The van der Waals surface area contributed by atoms with Crippen LogP contribution < -0.4 is 5.73 Å². The second kappa shape index (κ2) is 3.65. The van der Waals surface area contributed by atoms with Crippen molar-refractivity contribution in [3.8, 4) is 0 Å². The summed E-state index contributed by atoms with van der Waals surface area (Å²) in [6.07, 6.45) is -1.02. The average molecular weight is 197 g/mol. The van der Waals surface area contributed by atoms with Gasteiger partial charge in [0.25, 0.3) is 6.43 Å². The SMILES string of the molecule is NC(C(F)F)C1Cc2ccccc2C1. The molecule has 2 N–H and O–H groups in total. The Balaban J connectivity index is 2.12. The molecule has 0 spiro atoms. The number of hydrogen-bond donors (Lipinski definition) is 1. The minimum Gasteiger partial charge on any atom is -0.323 e. The van der Waals surface area contributed by atoms with Crippen LogP contribution in [0.1, 0.15) is 11.1 Å². The number of benzene rings is 1. The smallest absolute Gasteiger partial charge is 0.253 e. The Hall–Kier alpha value is -0.960. The van der Waals surface area contributed by atoms with Crippen molar-refractivity contribution in [2.45, 2.75) is 25.3 Å². The normalized spacial score (nSPS) is 18.6. The summed E-state index contributed by atoms with van der Waals surface area (Å²) in [6.45, 7) is 0. The van der Waals surface area contributed by atoms with E-state index >= 15 is 0 Å². The molecule has 1 atom stereocenters. The van der Waals surface area contributed by atoms with Crippen LogP contribution in [0.4, 0.5) is 8.78 Å². The van der Waals surface area contributed by atoms with Crippen LogP contribution in [0.2, 0.25) is 0 Å². The zero-order valence-electron chi connectivity index (χ0n) is 7.79. The van der Waals surface area contributed by atoms with Crippen molar-refractivity contribution in [2.75, 3.05) is 0 Å². The first-order valence-corrected chi connectivity index (χ1v) is 4.79. The fraction of sp³-hybridized carbons (Fsp3) is 0.455. The topological polar surface area (TPSA) is 26.0 Å². The lowest BCUT2D eigenvalue weighted by molar-refractivity contribution is 0.0905. The Morgan fingerprint density at radius 3 is 2.07 bits per heavy atom. The highest BCUT2D eigenvalue weighted by Gasteiger charge is 2.31. The molecule has 1 aliphatic rings. The summed E-state index contributed by atoms with van der Waals surface area (Å²) in [5.41, 5.74) is 7.80. The Kier molecular flexibility index (Phi) is 2.50. The van der Waals surface area contributed by atoms with Gasteiger partial charge in [0.2, 0.25) is 0 Å². The van der Waals surface area contributed by atoms with Crippen LogP contribution in [0, 0.1) is 5.92 Å². The minimum absolute atomic E-state index is 0.0904. The van der Waals surface area contributed by atoms with Crippen LogP contribution in [-0.2, 0) is 12.8 Å². The molecule has 1 nitrogen and oxygen atoms in total. The molecule has 2 rings (SSSR count). The minimum atomic E-state index is -2.41. The third-order valence-corrected chi connectivity index (χ3v) is 2.92. The van der Waals surface area contributed by atoms with E-state index in [0.717, 1.165) is 0 Å². The third-order valence-electron chi connectivity index (χ3n) is 2.92. The predicted molar refractivity (Wildman–Crippen MR) is 51.3 cm³/mol. The largest absolute Gasteiger partial charge is 0.323 e. The molecule has 0 fully saturated rings. The first-order valence-electron chi connectivity index (χ1n) is 4.79. The molecular weight excluding hydrogens is 184 g/mol. The summed E-state index contributed by atoms with van der Waals surface area (Å²) in [5.74, 6) is -0.0904. The molecule has 1 aromatic carbocycles. The van der Waals surface area contributed by atoms with Crippen LogP contribution in [0.15, 0.2) is 24.3 Å². The molecular formula is C11H13F2N. The standard InChI is InChI=1S/C11H13F2N/c12-11(13)10(14)9-5-7-3-1-2-4-8(7)6-9/h1-4,9-11H,5-6,14H2. The summed E-state index contributed by atoms with van der Waals surface area (Å²) in [5, 5.41) is 0. The van der Waals surface area contributed by atoms with Gasteiger partial charge in [-0.15, -0.1) is 0 Å². The van der Waals surface area contributed by atoms with Gasteiger partial charge in [-0.2, -0.15) is 0 Å². The van der Waals surface area contributed by atoms with E-state index in [1.54, 1.807) is 0 Å². The maximum absolute atomic E-state index is 12.4. The van der Waals surface area contributed by atoms with Crippen molar-refractivity contribution >= 4 is 0 Å². The molecule has 0 aliphatic heterocycles. The number of alkyl halides is 2. The summed E-state index contributed by atoms with van der Waals surface area (Å²) in [6, 6.07) is 6.88. The van der Waals surface area contributed by atoms with E-state index in [-0.39, 0.29) is 5.92 Å². The zero-order chi connectivity index (χ0) is 10.1. The number of rotatable bonds is 2. The number of fused-ring (bicyclic) bond motifs is 1. The van der Waals surface area contributed by atoms with E-state index in [2.05, 4.69) is 0 Å². The fourth-order valence-electron chi connectivity index (χ4n) is 2.07. The molecule has 0 saturated carbocycles. The molecule has 1 aliphatic carbocycles. The lowest BCUT2D eigenvalue weighted by atomic mass is 9.98. The molecule has 0 heterocycles. The van der Waals surface area contributed by atoms with Crippen molar-refractivity contribution in [3.05, 3.63) is 35.4 Å². The summed E-state index contributed by atoms with van der Waals surface area (Å²) in [7, 11) is 0. The highest BCUT2D eigenvalue weighted by molar-refractivity contribution is 5.32. The van der Waals surface area contributed by atoms with Crippen LogP contribution in [0.5, 0.6) is 0 Å². The predicted octanol–water partition coefficient (Wildman–Crippen LogP) is 1.99. The first-order chi connectivity index (χ1) is 6.68. The zero-order valence-corrected chi connectivity index (χ0v) is 7.79. The Morgan fingerprint density at radius 2 is 1.64 bits per heavy atom. The van der Waals surface area contributed by atoms with E-state index in [0.29, 0.717) is 12.8 Å². The molecule has 0 saturated heterocycles. The average Bonchev–Trinajstić information content (AvgIpc) is 2.59. The molecule has 76 valence electrons. The van der Waals surface area contributed by atoms with Gasteiger partial charge >= 0.3 is 0 Å². The Labute approximate surface area is 81.9 Å². The molecule has 3 heteroatoms. The lowest BCUT2D eigenvalue weighted by Crippen LogP contribution is -2.37. The van der Waals surface area contributed by atoms with Gasteiger partial charge < -0.3 is 5.73 Å². The Morgan fingerprint density at radius 1 is 1.14 bits per heavy atom. The van der Waals surface area contributed by atoms with Crippen LogP contribution in [-0.4, -0.2) is 12.5 Å². The molecule has 1 aromatic rings. The maximum Gasteiger partial charge on any atom is 0.253 e. The van der Waals surface area contributed by atoms with E-state index in [1.165, 1.54) is 11.1 Å². The molecule has 14 heavy (non-hydrogen) atoms. The monoisotopic (exact) mass is 197 g/mol. The first kappa shape index (κ1) is 9.59. The van der Waals surface area contributed by atoms with Gasteiger partial charge in [-0.1, -0.05) is 24.3 Å². The van der Waals surface area contributed by atoms with Crippen LogP contribution in [0.25, 0.3) is 0 Å². The van der Waals surface area contributed by atoms with E-state index < -0.39 is 12.5 Å². The van der Waals surface area contributed by atoms with Gasteiger partial charge in [-0.25, -0.2) is 8.78 Å². The number of nitrogens with two attached hydrogens (primary N) is 1. The quantitative estimate of drug-likeness (QED) is 0.771. The molecule has 0 radical (unpaired) electrons. The summed E-state index contributed by atoms with van der Waals surface area (Å²) in [4.78, 5) is 0. The van der Waals surface area contributed by atoms with E-state index in [1.807, 2.05) is 24.3 Å². The maximum atomic E-state index is 12.4. The Bertz CT molecular complexity index is 300. The van der Waals surface area contributed by atoms with E-state index in [9.17, 15) is 8.78 Å². The van der Waals surface area contributed by atoms with Crippen molar-refractivity contribution < 1.29 is 8.78 Å². The van der Waals surface area contributed by atoms with Gasteiger partial charge in [-0.3, -0.25) is 0 Å². The fourth-order valence-corrected chi connectivity index (χ4v) is 2.07. The molecule has 1 unspecified atom stereocenters. The lowest BCUT2D eigenvalue weighted by Gasteiger charge is -2.17. The summed E-state index contributed by atoms with van der Waals surface area (Å²) < 4.78 is 24.8. The van der Waals surface area contributed by atoms with Gasteiger partial charge in [0, 0.05) is 0 Å². The van der Waals surface area contributed by atoms with Crippen LogP contribution >= 0.6 is 0 Å². The number of halogens is 2.